The molecule has 3 aromatic rings. The van der Waals surface area contributed by atoms with Crippen LogP contribution >= 0.6 is 0 Å². The van der Waals surface area contributed by atoms with E-state index >= 15 is 0 Å². The van der Waals surface area contributed by atoms with Crippen molar-refractivity contribution < 1.29 is 24.2 Å². The molecule has 1 amide bonds. The Balaban J connectivity index is 1.98. The van der Waals surface area contributed by atoms with Crippen molar-refractivity contribution in [3.8, 4) is 11.5 Å². The Morgan fingerprint density at radius 3 is 2.64 bits per heavy atom. The second-order valence-electron chi connectivity index (χ2n) is 7.95. The number of benzene rings is 2. The van der Waals surface area contributed by atoms with E-state index in [4.69, 9.17) is 14.5 Å². The van der Waals surface area contributed by atoms with Gasteiger partial charge in [-0.25, -0.2) is 4.98 Å². The third kappa shape index (κ3) is 4.01. The number of hydrogen-bond acceptors (Lipinski definition) is 6. The fraction of sp³-hybridized carbons (Fsp3) is 0.400. The van der Waals surface area contributed by atoms with Crippen LogP contribution in [0.4, 0.5) is 5.95 Å². The highest BCUT2D eigenvalue weighted by Gasteiger charge is 2.47. The van der Waals surface area contributed by atoms with Crippen LogP contribution in [0.1, 0.15) is 45.2 Å². The zero-order valence-electron chi connectivity index (χ0n) is 19.2. The Morgan fingerprint density at radius 1 is 1.12 bits per heavy atom. The maximum atomic E-state index is 13.7. The standard InChI is InChI=1S/C25H29N3O5/c1-4-7-14-27-23(30)21(24(31)33-6-3)22(16-12-13-19(29)20(15-16)32-5-2)28-18-11-9-8-10-17(18)26-25(27)28/h8-13,15,21-22,29H,4-7,14H2,1-3H3/t21-,22+/m1/s1. The number of carbonyl (C=O) groups is 2. The van der Waals surface area contributed by atoms with Gasteiger partial charge in [0.15, 0.2) is 17.4 Å². The number of esters is 1. The van der Waals surface area contributed by atoms with Crippen LogP contribution < -0.4 is 9.64 Å². The van der Waals surface area contributed by atoms with Crippen LogP contribution in [0, 0.1) is 5.92 Å². The Labute approximate surface area is 192 Å². The smallest absolute Gasteiger partial charge is 0.321 e. The number of phenols is 1. The minimum Gasteiger partial charge on any atom is -0.504 e. The van der Waals surface area contributed by atoms with Gasteiger partial charge in [0, 0.05) is 6.54 Å². The normalized spacial score (nSPS) is 17.8. The van der Waals surface area contributed by atoms with Gasteiger partial charge in [-0.1, -0.05) is 31.5 Å². The number of rotatable bonds is 8. The fourth-order valence-corrected chi connectivity index (χ4v) is 4.36. The molecule has 2 heterocycles. The van der Waals surface area contributed by atoms with Gasteiger partial charge in [-0.15, -0.1) is 0 Å². The summed E-state index contributed by atoms with van der Waals surface area (Å²) in [6.07, 6.45) is 1.68. The van der Waals surface area contributed by atoms with Crippen molar-refractivity contribution in [2.45, 2.75) is 39.7 Å². The number of nitrogens with zero attached hydrogens (tertiary/aromatic N) is 3. The summed E-state index contributed by atoms with van der Waals surface area (Å²) in [7, 11) is 0. The van der Waals surface area contributed by atoms with Gasteiger partial charge in [0.25, 0.3) is 0 Å². The highest BCUT2D eigenvalue weighted by Crippen LogP contribution is 2.43. The molecule has 1 aliphatic rings. The first-order valence-corrected chi connectivity index (χ1v) is 11.4. The maximum Gasteiger partial charge on any atom is 0.321 e. The third-order valence-electron chi connectivity index (χ3n) is 5.85. The van der Waals surface area contributed by atoms with Crippen molar-refractivity contribution in [3.63, 3.8) is 0 Å². The van der Waals surface area contributed by atoms with Crippen molar-refractivity contribution >= 4 is 28.9 Å². The Kier molecular flexibility index (Phi) is 6.53. The number of hydrogen-bond donors (Lipinski definition) is 1. The number of unbranched alkanes of at least 4 members (excludes halogenated alkanes) is 1. The second-order valence-corrected chi connectivity index (χ2v) is 7.95. The maximum absolute atomic E-state index is 13.7. The molecule has 1 N–H and O–H groups in total. The van der Waals surface area contributed by atoms with Crippen LogP contribution in [0.25, 0.3) is 11.0 Å². The summed E-state index contributed by atoms with van der Waals surface area (Å²) in [6, 6.07) is 11.8. The van der Waals surface area contributed by atoms with Crippen molar-refractivity contribution in [2.24, 2.45) is 5.92 Å². The van der Waals surface area contributed by atoms with E-state index in [9.17, 15) is 14.7 Å². The third-order valence-corrected chi connectivity index (χ3v) is 5.85. The summed E-state index contributed by atoms with van der Waals surface area (Å²) >= 11 is 0. The molecular formula is C25H29N3O5. The number of imidazole rings is 1. The molecule has 2 atom stereocenters. The molecule has 0 aliphatic carbocycles. The van der Waals surface area contributed by atoms with Gasteiger partial charge in [0.1, 0.15) is 0 Å². The highest BCUT2D eigenvalue weighted by atomic mass is 16.5. The van der Waals surface area contributed by atoms with Crippen LogP contribution in [0.15, 0.2) is 42.5 Å². The zero-order valence-corrected chi connectivity index (χ0v) is 19.2. The van der Waals surface area contributed by atoms with E-state index in [0.717, 1.165) is 23.9 Å². The van der Waals surface area contributed by atoms with Crippen molar-refractivity contribution in [1.82, 2.24) is 9.55 Å². The molecule has 4 rings (SSSR count). The first kappa shape index (κ1) is 22.6. The number of anilines is 1. The van der Waals surface area contributed by atoms with Crippen molar-refractivity contribution in [1.29, 1.82) is 0 Å². The van der Waals surface area contributed by atoms with E-state index in [1.165, 1.54) is 6.07 Å². The molecule has 8 nitrogen and oxygen atoms in total. The Bertz CT molecular complexity index is 1170. The van der Waals surface area contributed by atoms with Crippen LogP contribution in [-0.2, 0) is 14.3 Å². The molecular weight excluding hydrogens is 422 g/mol. The SMILES string of the molecule is CCCCN1C(=O)[C@H](C(=O)OCC)[C@H](c2ccc(O)c(OCC)c2)n2c1nc1ccccc12. The number of aromatic hydroxyl groups is 1. The summed E-state index contributed by atoms with van der Waals surface area (Å²) in [6.45, 7) is 6.59. The zero-order chi connectivity index (χ0) is 23.5. The van der Waals surface area contributed by atoms with E-state index in [0.29, 0.717) is 30.4 Å². The topological polar surface area (TPSA) is 93.9 Å². The van der Waals surface area contributed by atoms with E-state index < -0.39 is 17.9 Å². The number of carbonyl (C=O) groups excluding carboxylic acids is 2. The van der Waals surface area contributed by atoms with Crippen LogP contribution in [0.2, 0.25) is 0 Å². The average Bonchev–Trinajstić information content (AvgIpc) is 3.19. The fourth-order valence-electron chi connectivity index (χ4n) is 4.36. The largest absolute Gasteiger partial charge is 0.504 e. The summed E-state index contributed by atoms with van der Waals surface area (Å²) < 4.78 is 12.9. The molecule has 2 aromatic carbocycles. The molecule has 0 bridgehead atoms. The molecule has 174 valence electrons. The first-order valence-electron chi connectivity index (χ1n) is 11.4. The number of aromatic nitrogens is 2. The first-order chi connectivity index (χ1) is 16.0. The van der Waals surface area contributed by atoms with E-state index in [-0.39, 0.29) is 18.3 Å². The van der Waals surface area contributed by atoms with Gasteiger partial charge in [-0.05, 0) is 50.1 Å². The Morgan fingerprint density at radius 2 is 1.91 bits per heavy atom. The van der Waals surface area contributed by atoms with E-state index in [1.807, 2.05) is 35.8 Å². The molecule has 1 aromatic heterocycles. The molecule has 8 heteroatoms. The minimum absolute atomic E-state index is 0.00398. The lowest BCUT2D eigenvalue weighted by molar-refractivity contribution is -0.153. The van der Waals surface area contributed by atoms with Crippen LogP contribution in [0.3, 0.4) is 0 Å². The average molecular weight is 452 g/mol. The molecule has 0 radical (unpaired) electrons. The lowest BCUT2D eigenvalue weighted by Crippen LogP contribution is -2.50. The lowest BCUT2D eigenvalue weighted by Gasteiger charge is -2.38. The molecule has 0 saturated carbocycles. The lowest BCUT2D eigenvalue weighted by atomic mass is 9.89. The summed E-state index contributed by atoms with van der Waals surface area (Å²) in [5.74, 6) is -1.21. The van der Waals surface area contributed by atoms with Crippen molar-refractivity contribution in [3.05, 3.63) is 48.0 Å². The van der Waals surface area contributed by atoms with Gasteiger partial charge in [-0.2, -0.15) is 0 Å². The number of para-hydroxylation sites is 2. The monoisotopic (exact) mass is 451 g/mol. The molecule has 33 heavy (non-hydrogen) atoms. The predicted octanol–water partition coefficient (Wildman–Crippen LogP) is 4.06. The number of amides is 1. The highest BCUT2D eigenvalue weighted by molar-refractivity contribution is 6.08. The van der Waals surface area contributed by atoms with Gasteiger partial charge >= 0.3 is 5.97 Å². The van der Waals surface area contributed by atoms with Crippen LogP contribution in [-0.4, -0.2) is 46.3 Å². The summed E-state index contributed by atoms with van der Waals surface area (Å²) in [5.41, 5.74) is 2.20. The van der Waals surface area contributed by atoms with E-state index in [2.05, 4.69) is 6.92 Å². The van der Waals surface area contributed by atoms with Gasteiger partial charge < -0.3 is 19.1 Å². The molecule has 0 fully saturated rings. The van der Waals surface area contributed by atoms with Crippen LogP contribution in [0.5, 0.6) is 11.5 Å². The Hall–Kier alpha value is -3.55. The van der Waals surface area contributed by atoms with E-state index in [1.54, 1.807) is 24.0 Å². The minimum atomic E-state index is -1.09. The quantitative estimate of drug-likeness (QED) is 0.410. The summed E-state index contributed by atoms with van der Waals surface area (Å²) in [4.78, 5) is 33.3. The summed E-state index contributed by atoms with van der Waals surface area (Å²) in [5, 5.41) is 10.2. The number of fused-ring (bicyclic) bond motifs is 3. The predicted molar refractivity (Wildman–Crippen MR) is 125 cm³/mol. The number of phenolic OH excluding ortho intramolecular Hbond substituents is 1. The van der Waals surface area contributed by atoms with Gasteiger partial charge in [-0.3, -0.25) is 14.5 Å². The molecule has 0 saturated heterocycles. The molecule has 1 aliphatic heterocycles. The molecule has 0 spiro atoms. The second kappa shape index (κ2) is 9.52. The van der Waals surface area contributed by atoms with Gasteiger partial charge in [0.05, 0.1) is 30.3 Å². The molecule has 0 unspecified atom stereocenters. The number of ether oxygens (including phenoxy) is 2. The van der Waals surface area contributed by atoms with Crippen molar-refractivity contribution in [2.75, 3.05) is 24.7 Å². The van der Waals surface area contributed by atoms with Gasteiger partial charge in [0.2, 0.25) is 11.9 Å².